The van der Waals surface area contributed by atoms with Crippen LogP contribution >= 0.6 is 39.1 Å². The van der Waals surface area contributed by atoms with Crippen LogP contribution in [0.4, 0.5) is 0 Å². The normalized spacial score (nSPS) is 11.5. The maximum absolute atomic E-state index is 5.81. The summed E-state index contributed by atoms with van der Waals surface area (Å²) in [5.74, 6) is 1.28. The summed E-state index contributed by atoms with van der Waals surface area (Å²) in [6.45, 7) is 3.24. The Morgan fingerprint density at radius 1 is 1.42 bits per heavy atom. The van der Waals surface area contributed by atoms with Crippen molar-refractivity contribution >= 4 is 39.1 Å². The molecule has 0 saturated carbocycles. The molecule has 0 atom stereocenters. The quantitative estimate of drug-likeness (QED) is 0.789. The van der Waals surface area contributed by atoms with Gasteiger partial charge in [-0.05, 0) is 53.5 Å². The molecule has 1 aromatic carbocycles. The molecule has 0 aliphatic carbocycles. The number of benzene rings is 1. The minimum absolute atomic E-state index is 0.194. The van der Waals surface area contributed by atoms with Crippen molar-refractivity contribution in [1.82, 2.24) is 0 Å². The van der Waals surface area contributed by atoms with Gasteiger partial charge in [0.15, 0.2) is 11.5 Å². The van der Waals surface area contributed by atoms with E-state index in [0.717, 1.165) is 16.5 Å². The molecule has 0 aliphatic rings. The average Bonchev–Trinajstić information content (AvgIpc) is 2.38. The lowest BCUT2D eigenvalue weighted by atomic mass is 10.1. The molecule has 0 fully saturated rings. The molecule has 0 saturated heterocycles. The van der Waals surface area contributed by atoms with Gasteiger partial charge in [-0.15, -0.1) is 0 Å². The van der Waals surface area contributed by atoms with Gasteiger partial charge in [-0.2, -0.15) is 0 Å². The van der Waals surface area contributed by atoms with Crippen LogP contribution in [0.5, 0.6) is 11.5 Å². The minimum atomic E-state index is 0.194. The van der Waals surface area contributed by atoms with Gasteiger partial charge in [-0.1, -0.05) is 23.2 Å². The first-order valence-electron chi connectivity index (χ1n) is 5.85. The van der Waals surface area contributed by atoms with E-state index in [1.165, 1.54) is 5.54 Å². The SMILES string of the molecule is CCOc1cc(CCN)cc(Br)c1OCC(Cl)=CCl. The molecule has 1 aromatic rings. The fraction of sp³-hybridized carbons (Fsp3) is 0.385. The van der Waals surface area contributed by atoms with E-state index in [-0.39, 0.29) is 6.61 Å². The highest BCUT2D eigenvalue weighted by Gasteiger charge is 2.12. The second-order valence-corrected chi connectivity index (χ2v) is 5.28. The summed E-state index contributed by atoms with van der Waals surface area (Å²) in [5, 5.41) is 0.419. The van der Waals surface area contributed by atoms with Crippen LogP contribution in [-0.4, -0.2) is 19.8 Å². The van der Waals surface area contributed by atoms with E-state index in [2.05, 4.69) is 15.9 Å². The van der Waals surface area contributed by atoms with Crippen LogP contribution in [0.2, 0.25) is 0 Å². The van der Waals surface area contributed by atoms with Crippen molar-refractivity contribution in [3.63, 3.8) is 0 Å². The molecule has 0 aliphatic heterocycles. The van der Waals surface area contributed by atoms with Crippen LogP contribution in [0, 0.1) is 0 Å². The molecule has 0 bridgehead atoms. The van der Waals surface area contributed by atoms with Gasteiger partial charge in [0.2, 0.25) is 0 Å². The van der Waals surface area contributed by atoms with E-state index < -0.39 is 0 Å². The molecule has 0 heterocycles. The van der Waals surface area contributed by atoms with Crippen molar-refractivity contribution in [3.8, 4) is 11.5 Å². The lowest BCUT2D eigenvalue weighted by Gasteiger charge is -2.15. The highest BCUT2D eigenvalue weighted by Crippen LogP contribution is 2.37. The smallest absolute Gasteiger partial charge is 0.175 e. The lowest BCUT2D eigenvalue weighted by molar-refractivity contribution is 0.294. The summed E-state index contributed by atoms with van der Waals surface area (Å²) in [5.41, 5.74) is 7.93. The Bertz CT molecular complexity index is 453. The third-order valence-corrected chi connectivity index (χ3v) is 3.46. The number of ether oxygens (including phenoxy) is 2. The van der Waals surface area contributed by atoms with Gasteiger partial charge in [0, 0.05) is 5.54 Å². The summed E-state index contributed by atoms with van der Waals surface area (Å²) in [6.07, 6.45) is 0.779. The van der Waals surface area contributed by atoms with Crippen LogP contribution in [-0.2, 0) is 6.42 Å². The van der Waals surface area contributed by atoms with Gasteiger partial charge in [0.25, 0.3) is 0 Å². The van der Waals surface area contributed by atoms with E-state index in [1.807, 2.05) is 19.1 Å². The zero-order valence-electron chi connectivity index (χ0n) is 10.6. The maximum Gasteiger partial charge on any atom is 0.175 e. The highest BCUT2D eigenvalue weighted by atomic mass is 79.9. The largest absolute Gasteiger partial charge is 0.490 e. The van der Waals surface area contributed by atoms with E-state index in [0.29, 0.717) is 29.7 Å². The third-order valence-electron chi connectivity index (χ3n) is 2.27. The molecular formula is C13H16BrCl2NO2. The van der Waals surface area contributed by atoms with Crippen LogP contribution < -0.4 is 15.2 Å². The topological polar surface area (TPSA) is 44.5 Å². The van der Waals surface area contributed by atoms with E-state index in [1.54, 1.807) is 0 Å². The molecule has 0 spiro atoms. The first-order chi connectivity index (χ1) is 9.12. The van der Waals surface area contributed by atoms with Crippen LogP contribution in [0.1, 0.15) is 12.5 Å². The van der Waals surface area contributed by atoms with Crippen molar-refractivity contribution in [1.29, 1.82) is 0 Å². The Kier molecular flexibility index (Phi) is 7.61. The highest BCUT2D eigenvalue weighted by molar-refractivity contribution is 9.10. The molecule has 0 amide bonds. The summed E-state index contributed by atoms with van der Waals surface area (Å²) >= 11 is 14.8. The average molecular weight is 369 g/mol. The monoisotopic (exact) mass is 367 g/mol. The molecule has 0 unspecified atom stereocenters. The van der Waals surface area contributed by atoms with Crippen LogP contribution in [0.15, 0.2) is 27.2 Å². The molecule has 19 heavy (non-hydrogen) atoms. The minimum Gasteiger partial charge on any atom is -0.490 e. The second-order valence-electron chi connectivity index (χ2n) is 3.72. The van der Waals surface area contributed by atoms with Crippen LogP contribution in [0.3, 0.4) is 0 Å². The zero-order valence-corrected chi connectivity index (χ0v) is 13.7. The standard InChI is InChI=1S/C13H16BrCl2NO2/c1-2-18-12-6-9(3-4-17)5-11(14)13(12)19-8-10(16)7-15/h5-7H,2-4,8,17H2,1H3. The van der Waals surface area contributed by atoms with Gasteiger partial charge >= 0.3 is 0 Å². The van der Waals surface area contributed by atoms with Gasteiger partial charge in [0.1, 0.15) is 6.61 Å². The van der Waals surface area contributed by atoms with Crippen molar-refractivity contribution in [2.75, 3.05) is 19.8 Å². The number of hydrogen-bond donors (Lipinski definition) is 1. The lowest BCUT2D eigenvalue weighted by Crippen LogP contribution is -2.05. The summed E-state index contributed by atoms with van der Waals surface area (Å²) in [6, 6.07) is 3.89. The van der Waals surface area contributed by atoms with Crippen molar-refractivity contribution in [3.05, 3.63) is 32.7 Å². The van der Waals surface area contributed by atoms with Gasteiger partial charge in [0.05, 0.1) is 16.1 Å². The van der Waals surface area contributed by atoms with E-state index in [4.69, 9.17) is 38.4 Å². The molecule has 0 aromatic heterocycles. The molecule has 0 radical (unpaired) electrons. The van der Waals surface area contributed by atoms with Crippen molar-refractivity contribution in [2.24, 2.45) is 5.73 Å². The van der Waals surface area contributed by atoms with E-state index in [9.17, 15) is 0 Å². The summed E-state index contributed by atoms with van der Waals surface area (Å²) < 4.78 is 12.0. The summed E-state index contributed by atoms with van der Waals surface area (Å²) in [4.78, 5) is 0. The molecule has 3 nitrogen and oxygen atoms in total. The van der Waals surface area contributed by atoms with Crippen molar-refractivity contribution < 1.29 is 9.47 Å². The first-order valence-corrected chi connectivity index (χ1v) is 7.46. The fourth-order valence-corrected chi connectivity index (χ4v) is 2.23. The van der Waals surface area contributed by atoms with Crippen LogP contribution in [0.25, 0.3) is 0 Å². The Morgan fingerprint density at radius 2 is 2.16 bits per heavy atom. The molecule has 1 rings (SSSR count). The van der Waals surface area contributed by atoms with Crippen molar-refractivity contribution in [2.45, 2.75) is 13.3 Å². The Hall–Kier alpha value is -0.420. The van der Waals surface area contributed by atoms with Gasteiger partial charge in [-0.3, -0.25) is 0 Å². The maximum atomic E-state index is 5.81. The zero-order chi connectivity index (χ0) is 14.3. The Morgan fingerprint density at radius 3 is 2.74 bits per heavy atom. The Balaban J connectivity index is 2.99. The molecular weight excluding hydrogens is 353 g/mol. The molecule has 2 N–H and O–H groups in total. The summed E-state index contributed by atoms with van der Waals surface area (Å²) in [7, 11) is 0. The Labute approximate surface area is 131 Å². The van der Waals surface area contributed by atoms with Gasteiger partial charge < -0.3 is 15.2 Å². The third kappa shape index (κ3) is 5.22. The second kappa shape index (κ2) is 8.69. The predicted molar refractivity (Wildman–Crippen MR) is 83.4 cm³/mol. The fourth-order valence-electron chi connectivity index (χ4n) is 1.51. The number of halogens is 3. The molecule has 6 heteroatoms. The predicted octanol–water partition coefficient (Wildman–Crippen LogP) is 4.05. The van der Waals surface area contributed by atoms with E-state index >= 15 is 0 Å². The number of rotatable bonds is 7. The van der Waals surface area contributed by atoms with Gasteiger partial charge in [-0.25, -0.2) is 0 Å². The first kappa shape index (κ1) is 16.6. The molecule has 106 valence electrons. The number of nitrogens with two attached hydrogens (primary N) is 1. The number of hydrogen-bond acceptors (Lipinski definition) is 3.